The molecule has 0 unspecified atom stereocenters. The van der Waals surface area contributed by atoms with Crippen LogP contribution in [0.3, 0.4) is 0 Å². The predicted octanol–water partition coefficient (Wildman–Crippen LogP) is 5.19. The van der Waals surface area contributed by atoms with E-state index in [1.807, 2.05) is 0 Å². The Kier molecular flexibility index (Phi) is 9.51. The fourth-order valence-electron chi connectivity index (χ4n) is 2.57. The van der Waals surface area contributed by atoms with Gasteiger partial charge in [0.15, 0.2) is 0 Å². The Morgan fingerprint density at radius 1 is 0.810 bits per heavy atom. The first-order valence-corrected chi connectivity index (χ1v) is 8.42. The number of hydrogen-bond acceptors (Lipinski definition) is 2. The molecular weight excluding hydrogens is 262 g/mol. The van der Waals surface area contributed by atoms with Crippen LogP contribution in [0.4, 0.5) is 0 Å². The molecule has 0 saturated heterocycles. The van der Waals surface area contributed by atoms with Crippen LogP contribution < -0.4 is 0 Å². The molecule has 0 N–H and O–H groups in total. The number of benzene rings is 1. The summed E-state index contributed by atoms with van der Waals surface area (Å²) in [5, 5.41) is 10.3. The second-order valence-electron chi connectivity index (χ2n) is 5.85. The average molecular weight is 291 g/mol. The minimum absolute atomic E-state index is 0.0692. The Bertz CT molecular complexity index is 387. The molecule has 0 aromatic heterocycles. The van der Waals surface area contributed by atoms with Crippen molar-refractivity contribution in [3.8, 4) is 0 Å². The van der Waals surface area contributed by atoms with Crippen LogP contribution in [-0.2, 0) is 12.8 Å². The highest BCUT2D eigenvalue weighted by atomic mass is 16.6. The molecule has 21 heavy (non-hydrogen) atoms. The van der Waals surface area contributed by atoms with Gasteiger partial charge in [-0.25, -0.2) is 0 Å². The van der Waals surface area contributed by atoms with Gasteiger partial charge in [-0.15, -0.1) is 0 Å². The van der Waals surface area contributed by atoms with Gasteiger partial charge in [-0.3, -0.25) is 10.1 Å². The second-order valence-corrected chi connectivity index (χ2v) is 5.85. The minimum atomic E-state index is -0.241. The van der Waals surface area contributed by atoms with E-state index in [1.165, 1.54) is 56.1 Å². The lowest BCUT2D eigenvalue weighted by molar-refractivity contribution is -0.480. The predicted molar refractivity (Wildman–Crippen MR) is 88.3 cm³/mol. The lowest BCUT2D eigenvalue weighted by atomic mass is 10.0. The van der Waals surface area contributed by atoms with Gasteiger partial charge in [0.25, 0.3) is 0 Å². The van der Waals surface area contributed by atoms with Crippen LogP contribution in [-0.4, -0.2) is 11.5 Å². The van der Waals surface area contributed by atoms with Gasteiger partial charge in [0.2, 0.25) is 6.54 Å². The van der Waals surface area contributed by atoms with Crippen molar-refractivity contribution in [2.45, 2.75) is 71.1 Å². The third-order valence-electron chi connectivity index (χ3n) is 3.90. The van der Waals surface area contributed by atoms with Crippen molar-refractivity contribution in [2.24, 2.45) is 0 Å². The molecule has 0 aliphatic carbocycles. The second kappa shape index (κ2) is 11.3. The molecule has 0 bridgehead atoms. The van der Waals surface area contributed by atoms with Gasteiger partial charge >= 0.3 is 0 Å². The van der Waals surface area contributed by atoms with Crippen molar-refractivity contribution in [1.29, 1.82) is 0 Å². The van der Waals surface area contributed by atoms with E-state index < -0.39 is 0 Å². The highest BCUT2D eigenvalue weighted by Gasteiger charge is 2.00. The fourth-order valence-corrected chi connectivity index (χ4v) is 2.57. The summed E-state index contributed by atoms with van der Waals surface area (Å²) >= 11 is 0. The Hall–Kier alpha value is -1.38. The summed E-state index contributed by atoms with van der Waals surface area (Å²) in [6.07, 6.45) is 12.0. The summed E-state index contributed by atoms with van der Waals surface area (Å²) in [4.78, 5) is 10.0. The zero-order chi connectivity index (χ0) is 15.3. The van der Waals surface area contributed by atoms with E-state index in [0.717, 1.165) is 12.8 Å². The molecule has 0 atom stereocenters. The molecule has 0 spiro atoms. The minimum Gasteiger partial charge on any atom is -0.265 e. The first-order chi connectivity index (χ1) is 10.2. The molecule has 0 saturated carbocycles. The third kappa shape index (κ3) is 9.22. The summed E-state index contributed by atoms with van der Waals surface area (Å²) in [7, 11) is 0. The number of hydrogen-bond donors (Lipinski definition) is 0. The lowest BCUT2D eigenvalue weighted by Gasteiger charge is -2.04. The molecule has 3 nitrogen and oxygen atoms in total. The van der Waals surface area contributed by atoms with Crippen LogP contribution in [0.15, 0.2) is 24.3 Å². The number of aryl methyl sites for hydroxylation is 2. The molecule has 0 amide bonds. The molecule has 3 heteroatoms. The molecule has 1 rings (SSSR count). The van der Waals surface area contributed by atoms with E-state index in [2.05, 4.69) is 31.2 Å². The molecule has 0 heterocycles. The largest absolute Gasteiger partial charge is 0.265 e. The van der Waals surface area contributed by atoms with Gasteiger partial charge in [-0.2, -0.15) is 0 Å². The van der Waals surface area contributed by atoms with Crippen LogP contribution in [0.25, 0.3) is 0 Å². The summed E-state index contributed by atoms with van der Waals surface area (Å²) < 4.78 is 0. The van der Waals surface area contributed by atoms with E-state index in [1.54, 1.807) is 0 Å². The Morgan fingerprint density at radius 3 is 1.81 bits per heavy atom. The molecule has 0 aliphatic rings. The van der Waals surface area contributed by atoms with Gasteiger partial charge in [-0.05, 0) is 30.4 Å². The first kappa shape index (κ1) is 17.7. The quantitative estimate of drug-likeness (QED) is 0.302. The van der Waals surface area contributed by atoms with Crippen molar-refractivity contribution in [3.63, 3.8) is 0 Å². The van der Waals surface area contributed by atoms with Gasteiger partial charge in [0.05, 0.1) is 0 Å². The van der Waals surface area contributed by atoms with E-state index in [-0.39, 0.29) is 11.5 Å². The zero-order valence-electron chi connectivity index (χ0n) is 13.4. The number of unbranched alkanes of at least 4 members (excludes halogenated alkanes) is 6. The maximum Gasteiger partial charge on any atom is 0.204 e. The van der Waals surface area contributed by atoms with Crippen molar-refractivity contribution in [2.75, 3.05) is 6.54 Å². The number of nitro groups is 1. The maximum atomic E-state index is 10.3. The highest BCUT2D eigenvalue weighted by Crippen LogP contribution is 2.12. The Morgan fingerprint density at radius 2 is 1.29 bits per heavy atom. The van der Waals surface area contributed by atoms with Crippen molar-refractivity contribution in [3.05, 3.63) is 45.5 Å². The fraction of sp³-hybridized carbons (Fsp3) is 0.667. The molecule has 0 fully saturated rings. The molecule has 118 valence electrons. The lowest BCUT2D eigenvalue weighted by Crippen LogP contribution is -2.01. The zero-order valence-corrected chi connectivity index (χ0v) is 13.4. The van der Waals surface area contributed by atoms with Gasteiger partial charge in [-0.1, -0.05) is 69.7 Å². The average Bonchev–Trinajstić information content (AvgIpc) is 2.47. The monoisotopic (exact) mass is 291 g/mol. The molecule has 1 aromatic rings. The molecular formula is C18H29NO2. The summed E-state index contributed by atoms with van der Waals surface area (Å²) in [6.45, 7) is 2.32. The van der Waals surface area contributed by atoms with E-state index >= 15 is 0 Å². The standard InChI is InChI=1S/C18H29NO2/c1-2-3-4-5-6-7-8-10-17-12-14-18(15-13-17)11-9-16-19(20)21/h12-15H,2-11,16H2,1H3. The Labute approximate surface area is 128 Å². The third-order valence-corrected chi connectivity index (χ3v) is 3.90. The summed E-state index contributed by atoms with van der Waals surface area (Å²) in [5.74, 6) is 0. The van der Waals surface area contributed by atoms with Crippen molar-refractivity contribution >= 4 is 0 Å². The van der Waals surface area contributed by atoms with Crippen LogP contribution in [0.5, 0.6) is 0 Å². The summed E-state index contributed by atoms with van der Waals surface area (Å²) in [5.41, 5.74) is 2.60. The van der Waals surface area contributed by atoms with Crippen LogP contribution >= 0.6 is 0 Å². The van der Waals surface area contributed by atoms with Crippen LogP contribution in [0, 0.1) is 10.1 Å². The summed E-state index contributed by atoms with van der Waals surface area (Å²) in [6, 6.07) is 8.60. The van der Waals surface area contributed by atoms with Gasteiger partial charge < -0.3 is 0 Å². The van der Waals surface area contributed by atoms with E-state index in [0.29, 0.717) is 6.42 Å². The maximum absolute atomic E-state index is 10.3. The molecule has 0 radical (unpaired) electrons. The molecule has 0 aliphatic heterocycles. The normalized spacial score (nSPS) is 10.7. The van der Waals surface area contributed by atoms with Crippen LogP contribution in [0.1, 0.15) is 69.4 Å². The number of nitrogens with zero attached hydrogens (tertiary/aromatic N) is 1. The van der Waals surface area contributed by atoms with Crippen molar-refractivity contribution in [1.82, 2.24) is 0 Å². The smallest absolute Gasteiger partial charge is 0.204 e. The Balaban J connectivity index is 2.12. The highest BCUT2D eigenvalue weighted by molar-refractivity contribution is 5.22. The van der Waals surface area contributed by atoms with Crippen LogP contribution in [0.2, 0.25) is 0 Å². The molecule has 1 aromatic carbocycles. The first-order valence-electron chi connectivity index (χ1n) is 8.42. The van der Waals surface area contributed by atoms with E-state index in [4.69, 9.17) is 0 Å². The van der Waals surface area contributed by atoms with Gasteiger partial charge in [0.1, 0.15) is 0 Å². The van der Waals surface area contributed by atoms with Crippen molar-refractivity contribution < 1.29 is 4.92 Å². The SMILES string of the molecule is CCCCCCCCCc1ccc(CCC[N+](=O)[O-])cc1. The van der Waals surface area contributed by atoms with Gasteiger partial charge in [0, 0.05) is 11.3 Å². The van der Waals surface area contributed by atoms with E-state index in [9.17, 15) is 10.1 Å². The number of rotatable bonds is 12. The topological polar surface area (TPSA) is 43.1 Å².